The molecule has 3 N–H and O–H groups in total. The Morgan fingerprint density at radius 3 is 2.33 bits per heavy atom. The topological polar surface area (TPSA) is 78.4 Å². The highest BCUT2D eigenvalue weighted by molar-refractivity contribution is 9.10. The molecule has 21 heavy (non-hydrogen) atoms. The SMILES string of the molecule is CC(NC(=O)Nc1ccc(Br)c(Cl)c1)(C(=O)O)C(F)(F)F. The first kappa shape index (κ1) is 17.6. The molecule has 0 fully saturated rings. The number of benzene rings is 1. The molecule has 0 saturated heterocycles. The van der Waals surface area contributed by atoms with Gasteiger partial charge in [-0.1, -0.05) is 11.6 Å². The Hall–Kier alpha value is -1.48. The van der Waals surface area contributed by atoms with Crippen LogP contribution < -0.4 is 10.6 Å². The fourth-order valence-electron chi connectivity index (χ4n) is 1.21. The molecule has 0 aliphatic rings. The zero-order valence-corrected chi connectivity index (χ0v) is 12.7. The van der Waals surface area contributed by atoms with Crippen molar-refractivity contribution in [3.8, 4) is 0 Å². The lowest BCUT2D eigenvalue weighted by Crippen LogP contribution is -2.62. The van der Waals surface area contributed by atoms with E-state index in [9.17, 15) is 22.8 Å². The molecule has 0 heterocycles. The highest BCUT2D eigenvalue weighted by Gasteiger charge is 2.58. The zero-order valence-electron chi connectivity index (χ0n) is 10.4. The van der Waals surface area contributed by atoms with Crippen molar-refractivity contribution in [2.75, 3.05) is 5.32 Å². The average molecular weight is 390 g/mol. The Bertz CT molecular complexity index is 582. The maximum absolute atomic E-state index is 12.7. The average Bonchev–Trinajstić information content (AvgIpc) is 2.32. The van der Waals surface area contributed by atoms with E-state index in [1.165, 1.54) is 23.5 Å². The van der Waals surface area contributed by atoms with E-state index >= 15 is 0 Å². The Morgan fingerprint density at radius 1 is 1.33 bits per heavy atom. The predicted octanol–water partition coefficient (Wildman–Crippen LogP) is 3.63. The van der Waals surface area contributed by atoms with Crippen LogP contribution in [0.25, 0.3) is 0 Å². The van der Waals surface area contributed by atoms with Crippen LogP contribution in [0.3, 0.4) is 0 Å². The third-order valence-corrected chi connectivity index (χ3v) is 3.77. The minimum Gasteiger partial charge on any atom is -0.479 e. The van der Waals surface area contributed by atoms with Crippen molar-refractivity contribution in [3.05, 3.63) is 27.7 Å². The maximum Gasteiger partial charge on any atom is 0.422 e. The summed E-state index contributed by atoms with van der Waals surface area (Å²) in [5, 5.41) is 12.4. The van der Waals surface area contributed by atoms with Crippen LogP contribution in [0.1, 0.15) is 6.92 Å². The minimum atomic E-state index is -5.16. The van der Waals surface area contributed by atoms with E-state index in [0.29, 0.717) is 11.4 Å². The highest BCUT2D eigenvalue weighted by Crippen LogP contribution is 2.31. The predicted molar refractivity (Wildman–Crippen MR) is 73.4 cm³/mol. The molecule has 1 aromatic carbocycles. The quantitative estimate of drug-likeness (QED) is 0.739. The van der Waals surface area contributed by atoms with Gasteiger partial charge < -0.3 is 15.7 Å². The first-order valence-electron chi connectivity index (χ1n) is 5.31. The molecular formula is C11H9BrClF3N2O3. The van der Waals surface area contributed by atoms with Crippen molar-refractivity contribution in [2.45, 2.75) is 18.6 Å². The van der Waals surface area contributed by atoms with Gasteiger partial charge in [0.05, 0.1) is 5.02 Å². The van der Waals surface area contributed by atoms with Crippen LogP contribution in [0.4, 0.5) is 23.7 Å². The number of carboxylic acid groups (broad SMARTS) is 1. The molecule has 0 spiro atoms. The molecular weight excluding hydrogens is 380 g/mol. The summed E-state index contributed by atoms with van der Waals surface area (Å²) in [5.41, 5.74) is -3.30. The number of rotatable bonds is 3. The molecule has 0 radical (unpaired) electrons. The number of nitrogens with one attached hydrogen (secondary N) is 2. The molecule has 0 aliphatic carbocycles. The largest absolute Gasteiger partial charge is 0.479 e. The first-order chi connectivity index (χ1) is 9.47. The van der Waals surface area contributed by atoms with Gasteiger partial charge in [0.1, 0.15) is 0 Å². The summed E-state index contributed by atoms with van der Waals surface area (Å²) in [5.74, 6) is -2.22. The molecule has 1 unspecified atom stereocenters. The summed E-state index contributed by atoms with van der Waals surface area (Å²) < 4.78 is 38.7. The number of carbonyl (C=O) groups is 2. The van der Waals surface area contributed by atoms with Crippen molar-refractivity contribution in [2.24, 2.45) is 0 Å². The zero-order chi connectivity index (χ0) is 16.4. The Kier molecular flexibility index (Phi) is 5.11. The second-order valence-corrected chi connectivity index (χ2v) is 5.40. The first-order valence-corrected chi connectivity index (χ1v) is 6.49. The smallest absolute Gasteiger partial charge is 0.422 e. The monoisotopic (exact) mass is 388 g/mol. The van der Waals surface area contributed by atoms with Gasteiger partial charge in [-0.25, -0.2) is 9.59 Å². The van der Waals surface area contributed by atoms with Gasteiger partial charge in [-0.15, -0.1) is 0 Å². The number of hydrogen-bond acceptors (Lipinski definition) is 2. The number of halogens is 5. The van der Waals surface area contributed by atoms with Crippen LogP contribution in [0, 0.1) is 0 Å². The number of anilines is 1. The van der Waals surface area contributed by atoms with E-state index in [1.807, 2.05) is 0 Å². The lowest BCUT2D eigenvalue weighted by atomic mass is 10.0. The Morgan fingerprint density at radius 2 is 1.90 bits per heavy atom. The molecule has 1 atom stereocenters. The summed E-state index contributed by atoms with van der Waals surface area (Å²) in [7, 11) is 0. The van der Waals surface area contributed by atoms with Crippen molar-refractivity contribution in [3.63, 3.8) is 0 Å². The Labute approximate surface area is 130 Å². The lowest BCUT2D eigenvalue weighted by Gasteiger charge is -2.28. The van der Waals surface area contributed by atoms with Crippen molar-refractivity contribution in [1.29, 1.82) is 0 Å². The van der Waals surface area contributed by atoms with Gasteiger partial charge in [-0.05, 0) is 41.1 Å². The van der Waals surface area contributed by atoms with E-state index in [0.717, 1.165) is 0 Å². The molecule has 0 bridgehead atoms. The highest BCUT2D eigenvalue weighted by atomic mass is 79.9. The second kappa shape index (κ2) is 6.10. The van der Waals surface area contributed by atoms with Crippen LogP contribution in [-0.2, 0) is 4.79 Å². The van der Waals surface area contributed by atoms with Crippen LogP contribution in [0.2, 0.25) is 5.02 Å². The van der Waals surface area contributed by atoms with Crippen LogP contribution >= 0.6 is 27.5 Å². The minimum absolute atomic E-state index is 0.107. The van der Waals surface area contributed by atoms with Gasteiger partial charge in [0.15, 0.2) is 0 Å². The van der Waals surface area contributed by atoms with Crippen LogP contribution in [0.15, 0.2) is 22.7 Å². The molecule has 10 heteroatoms. The standard InChI is InChI=1S/C11H9BrClF3N2O3/c1-10(8(19)20,11(14,15)16)18-9(21)17-5-2-3-6(12)7(13)4-5/h2-4H,1H3,(H,19,20)(H2,17,18,21). The molecule has 116 valence electrons. The number of amides is 2. The molecule has 2 amide bonds. The van der Waals surface area contributed by atoms with Gasteiger partial charge in [0.2, 0.25) is 5.54 Å². The van der Waals surface area contributed by atoms with E-state index < -0.39 is 23.7 Å². The number of carbonyl (C=O) groups excluding carboxylic acids is 1. The molecule has 5 nitrogen and oxygen atoms in total. The number of aliphatic carboxylic acids is 1. The normalized spacial score (nSPS) is 14.2. The molecule has 0 saturated carbocycles. The maximum atomic E-state index is 12.7. The Balaban J connectivity index is 2.89. The summed E-state index contributed by atoms with van der Waals surface area (Å²) in [6, 6.07) is 2.81. The number of alkyl halides is 3. The summed E-state index contributed by atoms with van der Waals surface area (Å²) in [6.45, 7) is 0.351. The molecule has 0 aromatic heterocycles. The fourth-order valence-corrected chi connectivity index (χ4v) is 1.64. The number of carboxylic acids is 1. The molecule has 1 aromatic rings. The summed E-state index contributed by atoms with van der Waals surface area (Å²) in [6.07, 6.45) is -5.16. The van der Waals surface area contributed by atoms with Crippen molar-refractivity contribution in [1.82, 2.24) is 5.32 Å². The fraction of sp³-hybridized carbons (Fsp3) is 0.273. The summed E-state index contributed by atoms with van der Waals surface area (Å²) in [4.78, 5) is 22.3. The second-order valence-electron chi connectivity index (χ2n) is 4.14. The summed E-state index contributed by atoms with van der Waals surface area (Å²) >= 11 is 8.86. The molecule has 0 aliphatic heterocycles. The van der Waals surface area contributed by atoms with E-state index in [1.54, 1.807) is 0 Å². The lowest BCUT2D eigenvalue weighted by molar-refractivity contribution is -0.203. The third kappa shape index (κ3) is 4.01. The molecule has 1 rings (SSSR count). The van der Waals surface area contributed by atoms with Gasteiger partial charge in [-0.3, -0.25) is 0 Å². The number of urea groups is 1. The van der Waals surface area contributed by atoms with Gasteiger partial charge >= 0.3 is 18.2 Å². The van der Waals surface area contributed by atoms with Crippen LogP contribution in [-0.4, -0.2) is 28.8 Å². The third-order valence-electron chi connectivity index (χ3n) is 2.54. The van der Waals surface area contributed by atoms with Crippen LogP contribution in [0.5, 0.6) is 0 Å². The van der Waals surface area contributed by atoms with Gasteiger partial charge in [-0.2, -0.15) is 13.2 Å². The van der Waals surface area contributed by atoms with Crippen molar-refractivity contribution >= 4 is 45.2 Å². The van der Waals surface area contributed by atoms with Gasteiger partial charge in [0.25, 0.3) is 0 Å². The van der Waals surface area contributed by atoms with Crippen molar-refractivity contribution < 1.29 is 27.9 Å². The van der Waals surface area contributed by atoms with E-state index in [2.05, 4.69) is 21.2 Å². The van der Waals surface area contributed by atoms with E-state index in [-0.39, 0.29) is 10.7 Å². The van der Waals surface area contributed by atoms with E-state index in [4.69, 9.17) is 16.7 Å². The van der Waals surface area contributed by atoms with Gasteiger partial charge in [0, 0.05) is 10.2 Å². The number of hydrogen-bond donors (Lipinski definition) is 3.